The predicted molar refractivity (Wildman–Crippen MR) is 98.7 cm³/mol. The molecule has 0 saturated heterocycles. The highest BCUT2D eigenvalue weighted by Crippen LogP contribution is 2.44. The number of alkyl halides is 6. The van der Waals surface area contributed by atoms with Crippen molar-refractivity contribution in [1.29, 1.82) is 0 Å². The van der Waals surface area contributed by atoms with Crippen LogP contribution in [0.5, 0.6) is 5.75 Å². The van der Waals surface area contributed by atoms with Crippen molar-refractivity contribution in [3.8, 4) is 5.75 Å². The molecular formula is C20H16F6N2O4. The SMILES string of the molecule is CC1(C)Oc2ccc(C(F)(F)F)cc2C(n2ccccc2=O)=C1CN(O)C(=O)C(F)(F)F. The molecule has 0 unspecified atom stereocenters. The van der Waals surface area contributed by atoms with Gasteiger partial charge < -0.3 is 4.74 Å². The lowest BCUT2D eigenvalue weighted by molar-refractivity contribution is -0.214. The van der Waals surface area contributed by atoms with Crippen molar-refractivity contribution in [2.24, 2.45) is 0 Å². The van der Waals surface area contributed by atoms with Gasteiger partial charge in [0, 0.05) is 23.4 Å². The molecule has 1 aliphatic heterocycles. The van der Waals surface area contributed by atoms with Crippen LogP contribution in [0.3, 0.4) is 0 Å². The highest BCUT2D eigenvalue weighted by Gasteiger charge is 2.45. The van der Waals surface area contributed by atoms with Crippen LogP contribution in [0.4, 0.5) is 26.3 Å². The number of pyridine rings is 1. The molecule has 0 spiro atoms. The molecule has 1 aliphatic rings. The number of aromatic nitrogens is 1. The van der Waals surface area contributed by atoms with Crippen LogP contribution in [-0.4, -0.2) is 39.1 Å². The van der Waals surface area contributed by atoms with Gasteiger partial charge in [0.05, 0.1) is 17.8 Å². The third-order valence-electron chi connectivity index (χ3n) is 4.79. The number of rotatable bonds is 3. The number of halogens is 6. The number of hydrogen-bond acceptors (Lipinski definition) is 4. The molecule has 0 aliphatic carbocycles. The molecule has 0 atom stereocenters. The van der Waals surface area contributed by atoms with Crippen LogP contribution in [0.25, 0.3) is 5.70 Å². The second-order valence-corrected chi connectivity index (χ2v) is 7.42. The van der Waals surface area contributed by atoms with Gasteiger partial charge >= 0.3 is 18.3 Å². The minimum absolute atomic E-state index is 0.0656. The Balaban J connectivity index is 2.32. The Labute approximate surface area is 176 Å². The Bertz CT molecular complexity index is 1150. The molecule has 0 bridgehead atoms. The molecule has 172 valence electrons. The number of nitrogens with zero attached hydrogens (tertiary/aromatic N) is 2. The predicted octanol–water partition coefficient (Wildman–Crippen LogP) is 4.08. The Hall–Kier alpha value is -3.28. The number of carbonyl (C=O) groups is 1. The summed E-state index contributed by atoms with van der Waals surface area (Å²) in [6, 6.07) is 6.32. The largest absolute Gasteiger partial charge is 0.483 e. The maximum absolute atomic E-state index is 13.3. The summed E-state index contributed by atoms with van der Waals surface area (Å²) < 4.78 is 84.9. The van der Waals surface area contributed by atoms with Crippen LogP contribution >= 0.6 is 0 Å². The van der Waals surface area contributed by atoms with E-state index in [-0.39, 0.29) is 22.6 Å². The zero-order valence-electron chi connectivity index (χ0n) is 16.6. The minimum atomic E-state index is -5.40. The van der Waals surface area contributed by atoms with E-state index in [2.05, 4.69) is 0 Å². The van der Waals surface area contributed by atoms with E-state index >= 15 is 0 Å². The van der Waals surface area contributed by atoms with Crippen LogP contribution in [0.1, 0.15) is 25.0 Å². The van der Waals surface area contributed by atoms with Crippen LogP contribution in [-0.2, 0) is 11.0 Å². The summed E-state index contributed by atoms with van der Waals surface area (Å²) in [5, 5.41) is 9.19. The molecule has 1 amide bonds. The highest BCUT2D eigenvalue weighted by molar-refractivity contribution is 5.82. The van der Waals surface area contributed by atoms with Crippen LogP contribution < -0.4 is 10.3 Å². The second-order valence-electron chi connectivity index (χ2n) is 7.42. The first-order chi connectivity index (χ1) is 14.6. The van der Waals surface area contributed by atoms with Gasteiger partial charge in [-0.1, -0.05) is 6.07 Å². The number of amides is 1. The van der Waals surface area contributed by atoms with Crippen molar-refractivity contribution < 1.29 is 41.1 Å². The molecule has 6 nitrogen and oxygen atoms in total. The van der Waals surface area contributed by atoms with E-state index in [0.717, 1.165) is 22.8 Å². The standard InChI is InChI=1S/C20H16F6N2O4/c1-18(2)13(10-28(31)17(30)20(24,25)26)16(27-8-4-3-5-15(27)29)12-9-11(19(21,22)23)6-7-14(12)32-18/h3-9,31H,10H2,1-2H3. The van der Waals surface area contributed by atoms with Gasteiger partial charge in [-0.15, -0.1) is 0 Å². The van der Waals surface area contributed by atoms with E-state index in [1.54, 1.807) is 0 Å². The maximum atomic E-state index is 13.3. The first kappa shape index (κ1) is 23.4. The van der Waals surface area contributed by atoms with Crippen LogP contribution in [0.2, 0.25) is 0 Å². The molecular weight excluding hydrogens is 446 g/mol. The van der Waals surface area contributed by atoms with E-state index < -0.39 is 46.6 Å². The number of benzene rings is 1. The minimum Gasteiger partial charge on any atom is -0.483 e. The Morgan fingerprint density at radius 1 is 1.12 bits per heavy atom. The number of hydrogen-bond donors (Lipinski definition) is 1. The second kappa shape index (κ2) is 7.69. The summed E-state index contributed by atoms with van der Waals surface area (Å²) in [4.78, 5) is 23.9. The molecule has 1 aromatic heterocycles. The maximum Gasteiger partial charge on any atom is 0.473 e. The highest BCUT2D eigenvalue weighted by atomic mass is 19.4. The third kappa shape index (κ3) is 4.35. The van der Waals surface area contributed by atoms with E-state index in [9.17, 15) is 41.1 Å². The number of carbonyl (C=O) groups excluding carboxylic acids is 1. The summed E-state index contributed by atoms with van der Waals surface area (Å²) in [5.41, 5.74) is -4.00. The van der Waals surface area contributed by atoms with Crippen molar-refractivity contribution in [1.82, 2.24) is 9.63 Å². The third-order valence-corrected chi connectivity index (χ3v) is 4.79. The first-order valence-electron chi connectivity index (χ1n) is 9.03. The molecule has 1 aromatic carbocycles. The van der Waals surface area contributed by atoms with Gasteiger partial charge in [-0.3, -0.25) is 19.4 Å². The van der Waals surface area contributed by atoms with Gasteiger partial charge in [-0.05, 0) is 38.1 Å². The molecule has 0 saturated carbocycles. The Kier molecular flexibility index (Phi) is 5.62. The van der Waals surface area contributed by atoms with Gasteiger partial charge in [-0.2, -0.15) is 26.3 Å². The molecule has 1 N–H and O–H groups in total. The van der Waals surface area contributed by atoms with Crippen LogP contribution in [0.15, 0.2) is 53.0 Å². The molecule has 3 rings (SSSR count). The summed E-state index contributed by atoms with van der Waals surface area (Å²) in [5.74, 6) is -2.65. The average Bonchev–Trinajstić information content (AvgIpc) is 2.66. The molecule has 2 heterocycles. The normalized spacial score (nSPS) is 15.8. The smallest absolute Gasteiger partial charge is 0.473 e. The van der Waals surface area contributed by atoms with E-state index in [1.165, 1.54) is 32.2 Å². The van der Waals surface area contributed by atoms with Crippen LogP contribution in [0, 0.1) is 0 Å². The lowest BCUT2D eigenvalue weighted by Crippen LogP contribution is -2.46. The summed E-state index contributed by atoms with van der Waals surface area (Å²) >= 11 is 0. The monoisotopic (exact) mass is 462 g/mol. The fourth-order valence-electron chi connectivity index (χ4n) is 3.29. The zero-order chi connectivity index (χ0) is 24.1. The van der Waals surface area contributed by atoms with Crippen molar-refractivity contribution in [2.45, 2.75) is 31.8 Å². The van der Waals surface area contributed by atoms with Crippen molar-refractivity contribution in [2.75, 3.05) is 6.54 Å². The van der Waals surface area contributed by atoms with Crippen molar-refractivity contribution in [3.63, 3.8) is 0 Å². The van der Waals surface area contributed by atoms with E-state index in [1.807, 2.05) is 0 Å². The lowest BCUT2D eigenvalue weighted by Gasteiger charge is -2.38. The summed E-state index contributed by atoms with van der Waals surface area (Å²) in [6.07, 6.45) is -8.96. The van der Waals surface area contributed by atoms with Crippen molar-refractivity contribution >= 4 is 11.6 Å². The molecule has 32 heavy (non-hydrogen) atoms. The molecule has 2 aromatic rings. The topological polar surface area (TPSA) is 71.8 Å². The van der Waals surface area contributed by atoms with Gasteiger partial charge in [0.1, 0.15) is 11.4 Å². The Morgan fingerprint density at radius 3 is 2.34 bits per heavy atom. The molecule has 12 heteroatoms. The fourth-order valence-corrected chi connectivity index (χ4v) is 3.29. The van der Waals surface area contributed by atoms with Gasteiger partial charge in [0.25, 0.3) is 5.56 Å². The van der Waals surface area contributed by atoms with E-state index in [0.29, 0.717) is 6.07 Å². The fraction of sp³-hybridized carbons (Fsp3) is 0.300. The van der Waals surface area contributed by atoms with Gasteiger partial charge in [0.2, 0.25) is 0 Å². The zero-order valence-corrected chi connectivity index (χ0v) is 16.6. The summed E-state index contributed by atoms with van der Waals surface area (Å²) in [7, 11) is 0. The molecule has 0 fully saturated rings. The first-order valence-corrected chi connectivity index (χ1v) is 9.03. The number of ether oxygens (including phenoxy) is 1. The lowest BCUT2D eigenvalue weighted by atomic mass is 9.88. The average molecular weight is 462 g/mol. The number of hydroxylamine groups is 2. The summed E-state index contributed by atoms with van der Waals surface area (Å²) in [6.45, 7) is 1.67. The van der Waals surface area contributed by atoms with Gasteiger partial charge in [0.15, 0.2) is 0 Å². The number of fused-ring (bicyclic) bond motifs is 1. The van der Waals surface area contributed by atoms with Crippen molar-refractivity contribution in [3.05, 3.63) is 69.6 Å². The quantitative estimate of drug-likeness (QED) is 0.424. The molecule has 0 radical (unpaired) electrons. The Morgan fingerprint density at radius 2 is 1.78 bits per heavy atom. The van der Waals surface area contributed by atoms with E-state index in [4.69, 9.17) is 4.74 Å². The van der Waals surface area contributed by atoms with Gasteiger partial charge in [-0.25, -0.2) is 5.06 Å².